The molecule has 2 heterocycles. The molecule has 7 heteroatoms. The number of nitrogens with zero attached hydrogens (tertiary/aromatic N) is 3. The zero-order valence-electron chi connectivity index (χ0n) is 17.8. The molecule has 160 valence electrons. The van der Waals surface area contributed by atoms with Crippen molar-refractivity contribution in [2.75, 3.05) is 23.8 Å². The van der Waals surface area contributed by atoms with E-state index >= 15 is 0 Å². The molecular weight excluding hydrogens is 378 g/mol. The van der Waals surface area contributed by atoms with Gasteiger partial charge in [-0.15, -0.1) is 0 Å². The van der Waals surface area contributed by atoms with Gasteiger partial charge in [-0.1, -0.05) is 12.1 Å². The minimum Gasteiger partial charge on any atom is -0.475 e. The second kappa shape index (κ2) is 8.22. The average molecular weight is 410 g/mol. The fourth-order valence-corrected chi connectivity index (χ4v) is 4.78. The molecule has 0 spiro atoms. The van der Waals surface area contributed by atoms with Gasteiger partial charge in [-0.3, -0.25) is 4.79 Å². The van der Waals surface area contributed by atoms with Crippen molar-refractivity contribution in [3.8, 4) is 5.88 Å². The second-order valence-corrected chi connectivity index (χ2v) is 9.25. The molecule has 1 aromatic heterocycles. The predicted molar refractivity (Wildman–Crippen MR) is 118 cm³/mol. The molecule has 1 aliphatic heterocycles. The third-order valence-electron chi connectivity index (χ3n) is 6.19. The predicted octanol–water partition coefficient (Wildman–Crippen LogP) is 3.50. The van der Waals surface area contributed by atoms with Gasteiger partial charge >= 0.3 is 0 Å². The molecule has 0 unspecified atom stereocenters. The summed E-state index contributed by atoms with van der Waals surface area (Å²) >= 11 is 0. The topological polar surface area (TPSA) is 107 Å². The van der Waals surface area contributed by atoms with Crippen LogP contribution in [0.5, 0.6) is 5.88 Å². The molecule has 30 heavy (non-hydrogen) atoms. The van der Waals surface area contributed by atoms with E-state index in [9.17, 15) is 4.79 Å². The molecule has 2 aromatic rings. The minimum atomic E-state index is -0.224. The number of benzene rings is 1. The van der Waals surface area contributed by atoms with Crippen molar-refractivity contribution in [2.45, 2.75) is 57.4 Å². The van der Waals surface area contributed by atoms with Crippen LogP contribution in [-0.2, 0) is 0 Å². The number of rotatable bonds is 4. The monoisotopic (exact) mass is 409 g/mol. The fraction of sp³-hybridized carbons (Fsp3) is 0.522. The molecule has 4 rings (SSSR count). The van der Waals surface area contributed by atoms with Crippen LogP contribution in [0.1, 0.15) is 67.8 Å². The third-order valence-corrected chi connectivity index (χ3v) is 6.19. The van der Waals surface area contributed by atoms with E-state index in [1.807, 2.05) is 12.1 Å². The van der Waals surface area contributed by atoms with E-state index in [0.717, 1.165) is 18.0 Å². The summed E-state index contributed by atoms with van der Waals surface area (Å²) in [5.41, 5.74) is 14.5. The highest BCUT2D eigenvalue weighted by Gasteiger charge is 2.29. The van der Waals surface area contributed by atoms with Crippen molar-refractivity contribution in [3.63, 3.8) is 0 Å². The van der Waals surface area contributed by atoms with E-state index in [0.29, 0.717) is 19.1 Å². The molecule has 0 saturated heterocycles. The number of hydrogen-bond donors (Lipinski definition) is 2. The van der Waals surface area contributed by atoms with E-state index in [4.69, 9.17) is 16.2 Å². The van der Waals surface area contributed by atoms with Gasteiger partial charge in [0.2, 0.25) is 5.88 Å². The summed E-state index contributed by atoms with van der Waals surface area (Å²) in [5, 5.41) is 0. The molecule has 1 amide bonds. The van der Waals surface area contributed by atoms with E-state index in [2.05, 4.69) is 35.9 Å². The molecule has 1 saturated carbocycles. The SMILES string of the molecule is CC(C)(N)C[C@H]1CC[C@H](c2ccc(N3CCOc4ncnc(N)c4C3=O)cc2)CC1. The van der Waals surface area contributed by atoms with Gasteiger partial charge in [0.15, 0.2) is 0 Å². The maximum absolute atomic E-state index is 13.1. The zero-order valence-corrected chi connectivity index (χ0v) is 17.8. The first kappa shape index (κ1) is 20.6. The lowest BCUT2D eigenvalue weighted by Crippen LogP contribution is -2.35. The van der Waals surface area contributed by atoms with Gasteiger partial charge < -0.3 is 21.1 Å². The number of ether oxygens (including phenoxy) is 1. The number of nitrogens with two attached hydrogens (primary N) is 2. The lowest BCUT2D eigenvalue weighted by Gasteiger charge is -2.33. The Kier molecular flexibility index (Phi) is 5.64. The lowest BCUT2D eigenvalue weighted by atomic mass is 9.75. The lowest BCUT2D eigenvalue weighted by molar-refractivity contribution is 0.0990. The standard InChI is InChI=1S/C23H31N5O2/c1-23(2,25)13-15-3-5-16(6-4-15)17-7-9-18(10-8-17)28-11-12-30-21-19(22(28)29)20(24)26-14-27-21/h7-10,14-16H,3-6,11-13,25H2,1-2H3,(H2,24,26,27)/t15-,16-. The second-order valence-electron chi connectivity index (χ2n) is 9.25. The average Bonchev–Trinajstić information content (AvgIpc) is 2.87. The van der Waals surface area contributed by atoms with Crippen molar-refractivity contribution in [3.05, 3.63) is 41.7 Å². The highest BCUT2D eigenvalue weighted by molar-refractivity contribution is 6.10. The van der Waals surface area contributed by atoms with Gasteiger partial charge in [0, 0.05) is 11.2 Å². The van der Waals surface area contributed by atoms with Crippen LogP contribution in [0, 0.1) is 5.92 Å². The normalized spacial score (nSPS) is 22.2. The summed E-state index contributed by atoms with van der Waals surface area (Å²) in [6.07, 6.45) is 7.24. The van der Waals surface area contributed by atoms with Crippen molar-refractivity contribution < 1.29 is 9.53 Å². The zero-order chi connectivity index (χ0) is 21.3. The van der Waals surface area contributed by atoms with Gasteiger partial charge in [0.25, 0.3) is 5.91 Å². The van der Waals surface area contributed by atoms with Gasteiger partial charge in [0.05, 0.1) is 6.54 Å². The molecule has 1 aliphatic carbocycles. The number of nitrogen functional groups attached to an aromatic ring is 1. The highest BCUT2D eigenvalue weighted by atomic mass is 16.5. The Hall–Kier alpha value is -2.67. The number of carbonyl (C=O) groups is 1. The van der Waals surface area contributed by atoms with Crippen LogP contribution in [0.3, 0.4) is 0 Å². The number of amides is 1. The largest absolute Gasteiger partial charge is 0.475 e. The Bertz CT molecular complexity index is 899. The van der Waals surface area contributed by atoms with Crippen LogP contribution in [-0.4, -0.2) is 34.6 Å². The molecule has 1 fully saturated rings. The highest BCUT2D eigenvalue weighted by Crippen LogP contribution is 2.39. The maximum atomic E-state index is 13.1. The molecular formula is C23H31N5O2. The molecule has 0 radical (unpaired) electrons. The van der Waals surface area contributed by atoms with E-state index in [-0.39, 0.29) is 28.7 Å². The Morgan fingerprint density at radius 2 is 1.83 bits per heavy atom. The van der Waals surface area contributed by atoms with E-state index in [1.54, 1.807) is 4.90 Å². The van der Waals surface area contributed by atoms with Gasteiger partial charge in [-0.05, 0) is 75.5 Å². The molecule has 4 N–H and O–H groups in total. The minimum absolute atomic E-state index is 0.0877. The summed E-state index contributed by atoms with van der Waals surface area (Å²) in [6, 6.07) is 8.34. The number of hydrogen-bond acceptors (Lipinski definition) is 6. The molecule has 0 bridgehead atoms. The Morgan fingerprint density at radius 3 is 2.50 bits per heavy atom. The first-order valence-corrected chi connectivity index (χ1v) is 10.8. The number of aromatic nitrogens is 2. The Morgan fingerprint density at radius 1 is 1.13 bits per heavy atom. The van der Waals surface area contributed by atoms with Crippen molar-refractivity contribution in [1.29, 1.82) is 0 Å². The Labute approximate surface area is 177 Å². The van der Waals surface area contributed by atoms with Crippen molar-refractivity contribution in [2.24, 2.45) is 11.7 Å². The quantitative estimate of drug-likeness (QED) is 0.800. The van der Waals surface area contributed by atoms with Gasteiger partial charge in [0.1, 0.15) is 24.3 Å². The smallest absolute Gasteiger partial charge is 0.267 e. The van der Waals surface area contributed by atoms with Crippen LogP contribution in [0.4, 0.5) is 11.5 Å². The van der Waals surface area contributed by atoms with Crippen molar-refractivity contribution >= 4 is 17.4 Å². The van der Waals surface area contributed by atoms with E-state index in [1.165, 1.54) is 37.6 Å². The van der Waals surface area contributed by atoms with Gasteiger partial charge in [-0.25, -0.2) is 9.97 Å². The first-order valence-electron chi connectivity index (χ1n) is 10.8. The molecule has 2 aliphatic rings. The number of carbonyl (C=O) groups excluding carboxylic acids is 1. The summed E-state index contributed by atoms with van der Waals surface area (Å²) in [4.78, 5) is 22.8. The summed E-state index contributed by atoms with van der Waals surface area (Å²) in [6.45, 7) is 5.03. The van der Waals surface area contributed by atoms with Crippen LogP contribution < -0.4 is 21.1 Å². The number of fused-ring (bicyclic) bond motifs is 1. The molecule has 1 aromatic carbocycles. The van der Waals surface area contributed by atoms with Crippen LogP contribution in [0.25, 0.3) is 0 Å². The van der Waals surface area contributed by atoms with Crippen LogP contribution >= 0.6 is 0 Å². The van der Waals surface area contributed by atoms with Gasteiger partial charge in [-0.2, -0.15) is 0 Å². The van der Waals surface area contributed by atoms with E-state index < -0.39 is 0 Å². The maximum Gasteiger partial charge on any atom is 0.267 e. The summed E-state index contributed by atoms with van der Waals surface area (Å²) in [7, 11) is 0. The first-order chi connectivity index (χ1) is 14.3. The van der Waals surface area contributed by atoms with Crippen molar-refractivity contribution in [1.82, 2.24) is 9.97 Å². The Balaban J connectivity index is 1.45. The fourth-order valence-electron chi connectivity index (χ4n) is 4.78. The number of anilines is 2. The summed E-state index contributed by atoms with van der Waals surface area (Å²) in [5.74, 6) is 1.47. The summed E-state index contributed by atoms with van der Waals surface area (Å²) < 4.78 is 5.61. The molecule has 7 nitrogen and oxygen atoms in total. The van der Waals surface area contributed by atoms with Crippen LogP contribution in [0.2, 0.25) is 0 Å². The molecule has 0 atom stereocenters. The van der Waals surface area contributed by atoms with Crippen LogP contribution in [0.15, 0.2) is 30.6 Å². The third kappa shape index (κ3) is 4.41.